The molecule has 1 amide bonds. The van der Waals surface area contributed by atoms with Crippen molar-refractivity contribution in [2.75, 3.05) is 32.1 Å². The lowest BCUT2D eigenvalue weighted by Gasteiger charge is -2.24. The second-order valence-electron chi connectivity index (χ2n) is 9.24. The standard InChI is InChI=1S/C29H31FN6O4S/c30-24-10-6-21(7-11-24)19-41-17-14-32-35-28(38)29(18-23-4-1-2-5-26(23)34-36-31)20-40-27(33-29)22-8-12-25(13-9-22)39-16-3-15-37/h1-2,4-13,32,37H,3,14-20H2,(H,35,38)/t29-/m0/s1. The summed E-state index contributed by atoms with van der Waals surface area (Å²) in [4.78, 5) is 21.2. The Morgan fingerprint density at radius 1 is 1.17 bits per heavy atom. The Morgan fingerprint density at radius 3 is 2.71 bits per heavy atom. The summed E-state index contributed by atoms with van der Waals surface area (Å²) in [6.07, 6.45) is 0.689. The molecule has 1 aliphatic rings. The van der Waals surface area contributed by atoms with Gasteiger partial charge in [-0.1, -0.05) is 41.5 Å². The van der Waals surface area contributed by atoms with Gasteiger partial charge in [0.05, 0.1) is 6.61 Å². The van der Waals surface area contributed by atoms with Gasteiger partial charge in [-0.15, -0.1) is 0 Å². The van der Waals surface area contributed by atoms with Crippen molar-refractivity contribution in [3.63, 3.8) is 0 Å². The van der Waals surface area contributed by atoms with Crippen molar-refractivity contribution in [1.82, 2.24) is 10.9 Å². The number of amides is 1. The van der Waals surface area contributed by atoms with Gasteiger partial charge < -0.3 is 14.6 Å². The Kier molecular flexibility index (Phi) is 11.0. The average Bonchev–Trinajstić information content (AvgIpc) is 3.42. The van der Waals surface area contributed by atoms with Gasteiger partial charge in [-0.05, 0) is 53.1 Å². The van der Waals surface area contributed by atoms with E-state index in [4.69, 9.17) is 25.1 Å². The maximum atomic E-state index is 13.6. The predicted octanol–water partition coefficient (Wildman–Crippen LogP) is 4.84. The highest BCUT2D eigenvalue weighted by Gasteiger charge is 2.45. The highest BCUT2D eigenvalue weighted by molar-refractivity contribution is 7.98. The number of thioether (sulfide) groups is 1. The van der Waals surface area contributed by atoms with Crippen LogP contribution in [0.4, 0.5) is 10.1 Å². The van der Waals surface area contributed by atoms with Crippen LogP contribution in [0.2, 0.25) is 0 Å². The van der Waals surface area contributed by atoms with Gasteiger partial charge in [0.1, 0.15) is 18.2 Å². The molecule has 0 aliphatic carbocycles. The van der Waals surface area contributed by atoms with Gasteiger partial charge in [-0.2, -0.15) is 11.8 Å². The van der Waals surface area contributed by atoms with E-state index in [1.807, 2.05) is 6.07 Å². The number of azide groups is 1. The Labute approximate surface area is 241 Å². The third-order valence-corrected chi connectivity index (χ3v) is 7.27. The number of halogens is 1. The van der Waals surface area contributed by atoms with Gasteiger partial charge in [0.15, 0.2) is 5.54 Å². The summed E-state index contributed by atoms with van der Waals surface area (Å²) in [6, 6.07) is 20.6. The fourth-order valence-electron chi connectivity index (χ4n) is 4.10. The van der Waals surface area contributed by atoms with Gasteiger partial charge in [0, 0.05) is 53.7 Å². The summed E-state index contributed by atoms with van der Waals surface area (Å²) in [5.41, 5.74) is 16.2. The van der Waals surface area contributed by atoms with E-state index in [0.717, 1.165) is 11.3 Å². The molecule has 12 heteroatoms. The first-order valence-corrected chi connectivity index (χ1v) is 14.2. The maximum absolute atomic E-state index is 13.6. The Balaban J connectivity index is 1.44. The summed E-state index contributed by atoms with van der Waals surface area (Å²) in [5.74, 6) is 1.76. The molecule has 0 aromatic heterocycles. The van der Waals surface area contributed by atoms with Crippen molar-refractivity contribution in [3.05, 3.63) is 106 Å². The van der Waals surface area contributed by atoms with Crippen LogP contribution in [-0.2, 0) is 21.7 Å². The number of rotatable bonds is 15. The number of benzene rings is 3. The number of nitrogens with one attached hydrogen (secondary N) is 2. The van der Waals surface area contributed by atoms with E-state index in [1.54, 1.807) is 66.4 Å². The minimum atomic E-state index is -1.30. The van der Waals surface area contributed by atoms with Crippen molar-refractivity contribution in [1.29, 1.82) is 0 Å². The Hall–Kier alpha value is -4.09. The van der Waals surface area contributed by atoms with Gasteiger partial charge >= 0.3 is 0 Å². The SMILES string of the molecule is [N-]=[N+]=Nc1ccccc1C[C@@]1(C(=O)NNCCSCc2ccc(F)cc2)COC(c2ccc(OCCCO)cc2)=N1. The minimum Gasteiger partial charge on any atom is -0.494 e. The van der Waals surface area contributed by atoms with E-state index in [2.05, 4.69) is 20.9 Å². The number of hydrazine groups is 1. The normalized spacial score (nSPS) is 15.9. The number of aliphatic imine (C=N–C) groups is 1. The summed E-state index contributed by atoms with van der Waals surface area (Å²) in [6.45, 7) is 0.949. The lowest BCUT2D eigenvalue weighted by molar-refractivity contribution is -0.127. The van der Waals surface area contributed by atoms with Crippen LogP contribution in [-0.4, -0.2) is 54.6 Å². The second kappa shape index (κ2) is 15.1. The van der Waals surface area contributed by atoms with Gasteiger partial charge in [0.2, 0.25) is 5.90 Å². The molecule has 0 saturated heterocycles. The van der Waals surface area contributed by atoms with Crippen molar-refractivity contribution < 1.29 is 23.8 Å². The molecular weight excluding hydrogens is 547 g/mol. The number of hydrogen-bond donors (Lipinski definition) is 3. The summed E-state index contributed by atoms with van der Waals surface area (Å²) < 4.78 is 24.6. The molecule has 214 valence electrons. The van der Waals surface area contributed by atoms with E-state index in [9.17, 15) is 9.18 Å². The van der Waals surface area contributed by atoms with Crippen molar-refractivity contribution in [3.8, 4) is 5.75 Å². The highest BCUT2D eigenvalue weighted by Crippen LogP contribution is 2.31. The molecule has 0 spiro atoms. The number of ether oxygens (including phenoxy) is 2. The first kappa shape index (κ1) is 29.9. The van der Waals surface area contributed by atoms with Crippen LogP contribution in [0.25, 0.3) is 10.4 Å². The molecule has 0 fully saturated rings. The second-order valence-corrected chi connectivity index (χ2v) is 10.3. The molecule has 3 aromatic carbocycles. The zero-order chi connectivity index (χ0) is 28.9. The first-order chi connectivity index (χ1) is 20.0. The minimum absolute atomic E-state index is 0.00544. The molecule has 0 radical (unpaired) electrons. The number of carbonyl (C=O) groups excluding carboxylic acids is 1. The summed E-state index contributed by atoms with van der Waals surface area (Å²) in [7, 11) is 0. The number of carbonyl (C=O) groups is 1. The lowest BCUT2D eigenvalue weighted by Crippen LogP contribution is -2.53. The maximum Gasteiger partial charge on any atom is 0.266 e. The van der Waals surface area contributed by atoms with Gasteiger partial charge in [-0.3, -0.25) is 10.2 Å². The van der Waals surface area contributed by atoms with Crippen LogP contribution in [0.5, 0.6) is 5.75 Å². The molecule has 1 atom stereocenters. The smallest absolute Gasteiger partial charge is 0.266 e. The largest absolute Gasteiger partial charge is 0.494 e. The third kappa shape index (κ3) is 8.45. The van der Waals surface area contributed by atoms with Crippen LogP contribution < -0.4 is 15.6 Å². The van der Waals surface area contributed by atoms with Crippen LogP contribution in [0, 0.1) is 5.82 Å². The van der Waals surface area contributed by atoms with Crippen LogP contribution in [0.1, 0.15) is 23.1 Å². The molecule has 41 heavy (non-hydrogen) atoms. The predicted molar refractivity (Wildman–Crippen MR) is 157 cm³/mol. The monoisotopic (exact) mass is 578 g/mol. The van der Waals surface area contributed by atoms with Crippen LogP contribution >= 0.6 is 11.8 Å². The molecular formula is C29H31FN6O4S. The van der Waals surface area contributed by atoms with E-state index in [0.29, 0.717) is 53.8 Å². The Bertz CT molecular complexity index is 1380. The lowest BCUT2D eigenvalue weighted by atomic mass is 9.91. The van der Waals surface area contributed by atoms with E-state index in [1.165, 1.54) is 12.1 Å². The Morgan fingerprint density at radius 2 is 1.95 bits per heavy atom. The molecule has 3 aromatic rings. The molecule has 0 saturated carbocycles. The van der Waals surface area contributed by atoms with Crippen molar-refractivity contribution in [2.24, 2.45) is 10.1 Å². The van der Waals surface area contributed by atoms with Crippen molar-refractivity contribution >= 4 is 29.3 Å². The van der Waals surface area contributed by atoms with E-state index in [-0.39, 0.29) is 31.4 Å². The zero-order valence-electron chi connectivity index (χ0n) is 22.3. The number of hydrogen-bond acceptors (Lipinski definition) is 8. The molecule has 10 nitrogen and oxygen atoms in total. The van der Waals surface area contributed by atoms with Gasteiger partial charge in [-0.25, -0.2) is 14.8 Å². The summed E-state index contributed by atoms with van der Waals surface area (Å²) in [5, 5.41) is 12.7. The summed E-state index contributed by atoms with van der Waals surface area (Å²) >= 11 is 1.65. The third-order valence-electron chi connectivity index (χ3n) is 6.24. The number of aliphatic hydroxyl groups is 1. The van der Waals surface area contributed by atoms with Crippen molar-refractivity contribution in [2.45, 2.75) is 24.1 Å². The topological polar surface area (TPSA) is 141 Å². The van der Waals surface area contributed by atoms with Gasteiger partial charge in [0.25, 0.3) is 5.91 Å². The first-order valence-electron chi connectivity index (χ1n) is 13.1. The molecule has 1 aliphatic heterocycles. The fourth-order valence-corrected chi connectivity index (χ4v) is 4.92. The fraction of sp³-hybridized carbons (Fsp3) is 0.310. The molecule has 3 N–H and O–H groups in total. The number of nitrogens with zero attached hydrogens (tertiary/aromatic N) is 4. The number of aliphatic hydroxyl groups excluding tert-OH is 1. The molecule has 1 heterocycles. The molecule has 0 bridgehead atoms. The zero-order valence-corrected chi connectivity index (χ0v) is 23.1. The average molecular weight is 579 g/mol. The van der Waals surface area contributed by atoms with Crippen LogP contribution in [0.15, 0.2) is 82.9 Å². The van der Waals surface area contributed by atoms with E-state index < -0.39 is 5.54 Å². The highest BCUT2D eigenvalue weighted by atomic mass is 32.2. The van der Waals surface area contributed by atoms with Crippen LogP contribution in [0.3, 0.4) is 0 Å². The van der Waals surface area contributed by atoms with E-state index >= 15 is 0 Å². The molecule has 0 unspecified atom stereocenters. The molecule has 4 rings (SSSR count). The quantitative estimate of drug-likeness (QED) is 0.0775.